The third-order valence-corrected chi connectivity index (χ3v) is 4.04. The number of benzene rings is 3. The number of nitrogens with two attached hydrogens (primary N) is 1. The van der Waals surface area contributed by atoms with E-state index in [1.165, 1.54) is 0 Å². The summed E-state index contributed by atoms with van der Waals surface area (Å²) in [6, 6.07) is 18.8. The number of nitrogen functional groups attached to an aromatic ring is 1. The number of aromatic nitrogens is 2. The normalized spacial score (nSPS) is 11.2. The Kier molecular flexibility index (Phi) is 3.07. The molecule has 0 spiro atoms. The molecule has 4 N–H and O–H groups in total. The fourth-order valence-corrected chi connectivity index (χ4v) is 3.02. The molecule has 0 amide bonds. The number of rotatable bonds is 2. The summed E-state index contributed by atoms with van der Waals surface area (Å²) in [4.78, 5) is 4.40. The van der Waals surface area contributed by atoms with Gasteiger partial charge < -0.3 is 15.8 Å². The van der Waals surface area contributed by atoms with Crippen molar-refractivity contribution in [2.24, 2.45) is 0 Å². The maximum Gasteiger partial charge on any atom is 0.489 e. The Morgan fingerprint density at radius 2 is 1.57 bits per heavy atom. The number of imidazole rings is 1. The van der Waals surface area contributed by atoms with Crippen LogP contribution in [-0.2, 0) is 0 Å². The van der Waals surface area contributed by atoms with Crippen LogP contribution in [0.1, 0.15) is 0 Å². The van der Waals surface area contributed by atoms with Crippen molar-refractivity contribution in [2.45, 2.75) is 0 Å². The Labute approximate surface area is 132 Å². The monoisotopic (exact) mass is 303 g/mol. The van der Waals surface area contributed by atoms with Crippen LogP contribution in [0.5, 0.6) is 0 Å². The van der Waals surface area contributed by atoms with Crippen LogP contribution in [0.3, 0.4) is 0 Å². The molecule has 1 aromatic heterocycles. The van der Waals surface area contributed by atoms with Crippen LogP contribution >= 0.6 is 0 Å². The summed E-state index contributed by atoms with van der Waals surface area (Å²) in [6.07, 6.45) is 0. The maximum atomic E-state index is 9.58. The lowest BCUT2D eigenvalue weighted by Crippen LogP contribution is -2.30. The van der Waals surface area contributed by atoms with E-state index in [0.717, 1.165) is 27.5 Å². The maximum absolute atomic E-state index is 9.58. The van der Waals surface area contributed by atoms with E-state index < -0.39 is 7.12 Å². The molecular weight excluding hydrogens is 289 g/mol. The molecule has 0 atom stereocenters. The van der Waals surface area contributed by atoms with E-state index in [-0.39, 0.29) is 0 Å². The van der Waals surface area contributed by atoms with Crippen LogP contribution < -0.4 is 11.2 Å². The van der Waals surface area contributed by atoms with Gasteiger partial charge in [0.15, 0.2) is 0 Å². The number of anilines is 1. The molecule has 4 aromatic rings. The van der Waals surface area contributed by atoms with Gasteiger partial charge in [-0.15, -0.1) is 0 Å². The van der Waals surface area contributed by atoms with Crippen LogP contribution in [0.15, 0.2) is 60.7 Å². The van der Waals surface area contributed by atoms with Crippen molar-refractivity contribution in [1.82, 2.24) is 9.55 Å². The van der Waals surface area contributed by atoms with E-state index in [1.807, 2.05) is 59.2 Å². The average molecular weight is 303 g/mol. The Morgan fingerprint density at radius 3 is 2.35 bits per heavy atom. The predicted molar refractivity (Wildman–Crippen MR) is 92.8 cm³/mol. The molecule has 0 radical (unpaired) electrons. The van der Waals surface area contributed by atoms with Gasteiger partial charge in [0.2, 0.25) is 5.95 Å². The molecule has 0 aliphatic carbocycles. The largest absolute Gasteiger partial charge is 0.489 e. The predicted octanol–water partition coefficient (Wildman–Crippen LogP) is 1.44. The molecule has 4 rings (SSSR count). The third kappa shape index (κ3) is 2.08. The van der Waals surface area contributed by atoms with Gasteiger partial charge in [-0.05, 0) is 29.0 Å². The van der Waals surface area contributed by atoms with Crippen molar-refractivity contribution in [3.05, 3.63) is 60.7 Å². The van der Waals surface area contributed by atoms with Gasteiger partial charge in [-0.1, -0.05) is 42.5 Å². The fraction of sp³-hybridized carbons (Fsp3) is 0. The van der Waals surface area contributed by atoms with Gasteiger partial charge >= 0.3 is 7.12 Å². The quantitative estimate of drug-likeness (QED) is 0.489. The molecule has 0 fully saturated rings. The van der Waals surface area contributed by atoms with Crippen molar-refractivity contribution < 1.29 is 10.0 Å². The van der Waals surface area contributed by atoms with Crippen molar-refractivity contribution >= 4 is 40.3 Å². The van der Waals surface area contributed by atoms with Gasteiger partial charge in [-0.25, -0.2) is 4.98 Å². The summed E-state index contributed by atoms with van der Waals surface area (Å²) in [5.74, 6) is 0.397. The zero-order chi connectivity index (χ0) is 16.0. The first-order valence-corrected chi connectivity index (χ1v) is 7.28. The molecule has 23 heavy (non-hydrogen) atoms. The highest BCUT2D eigenvalue weighted by Crippen LogP contribution is 2.28. The number of fused-ring (bicyclic) bond motifs is 2. The molecular formula is C17H14BN3O2. The molecule has 1 heterocycles. The van der Waals surface area contributed by atoms with E-state index in [9.17, 15) is 10.0 Å². The molecule has 112 valence electrons. The zero-order valence-electron chi connectivity index (χ0n) is 12.2. The second-order valence-corrected chi connectivity index (χ2v) is 5.39. The van der Waals surface area contributed by atoms with Crippen molar-refractivity contribution in [3.63, 3.8) is 0 Å². The van der Waals surface area contributed by atoms with E-state index in [0.29, 0.717) is 11.4 Å². The van der Waals surface area contributed by atoms with E-state index in [1.54, 1.807) is 6.07 Å². The first-order valence-electron chi connectivity index (χ1n) is 7.28. The molecule has 3 aromatic carbocycles. The second-order valence-electron chi connectivity index (χ2n) is 5.39. The van der Waals surface area contributed by atoms with Crippen molar-refractivity contribution in [3.8, 4) is 5.69 Å². The molecule has 0 bridgehead atoms. The highest BCUT2D eigenvalue weighted by molar-refractivity contribution is 6.62. The Morgan fingerprint density at radius 1 is 0.870 bits per heavy atom. The van der Waals surface area contributed by atoms with Crippen LogP contribution in [0, 0.1) is 0 Å². The van der Waals surface area contributed by atoms with E-state index >= 15 is 0 Å². The van der Waals surface area contributed by atoms with Crippen LogP contribution in [0.4, 0.5) is 5.95 Å². The SMILES string of the molecule is Nc1nc2ccccc2n1-c1ccc(B(O)O)c2ccccc12. The molecule has 5 nitrogen and oxygen atoms in total. The Balaban J connectivity index is 2.10. The topological polar surface area (TPSA) is 84.3 Å². The molecule has 0 saturated carbocycles. The lowest BCUT2D eigenvalue weighted by molar-refractivity contribution is 0.426. The number of hydrogen-bond donors (Lipinski definition) is 3. The molecule has 0 aliphatic rings. The fourth-order valence-electron chi connectivity index (χ4n) is 3.02. The van der Waals surface area contributed by atoms with Gasteiger partial charge in [-0.3, -0.25) is 4.57 Å². The van der Waals surface area contributed by atoms with Gasteiger partial charge in [0.1, 0.15) is 0 Å². The Bertz CT molecular complexity index is 1030. The van der Waals surface area contributed by atoms with E-state index in [4.69, 9.17) is 5.73 Å². The Hall–Kier alpha value is -2.83. The van der Waals surface area contributed by atoms with Gasteiger partial charge in [0.25, 0.3) is 0 Å². The standard InChI is InChI=1S/C17H14BN3O2/c19-17-20-14-7-3-4-8-16(14)21(17)15-10-9-13(18(22)23)11-5-1-2-6-12(11)15/h1-10,22-23H,(H2,19,20). The molecule has 0 saturated heterocycles. The summed E-state index contributed by atoms with van der Waals surface area (Å²) < 4.78 is 1.88. The zero-order valence-corrected chi connectivity index (χ0v) is 12.2. The first kappa shape index (κ1) is 13.8. The lowest BCUT2D eigenvalue weighted by atomic mass is 9.77. The summed E-state index contributed by atoms with van der Waals surface area (Å²) >= 11 is 0. The number of nitrogens with zero attached hydrogens (tertiary/aromatic N) is 2. The van der Waals surface area contributed by atoms with Gasteiger partial charge in [0, 0.05) is 5.39 Å². The van der Waals surface area contributed by atoms with Crippen molar-refractivity contribution in [1.29, 1.82) is 0 Å². The highest BCUT2D eigenvalue weighted by Gasteiger charge is 2.18. The van der Waals surface area contributed by atoms with Gasteiger partial charge in [0.05, 0.1) is 16.7 Å². The average Bonchev–Trinajstić information content (AvgIpc) is 2.89. The van der Waals surface area contributed by atoms with Crippen molar-refractivity contribution in [2.75, 3.05) is 5.73 Å². The summed E-state index contributed by atoms with van der Waals surface area (Å²) in [5, 5.41) is 20.8. The second kappa shape index (κ2) is 5.12. The molecule has 0 unspecified atom stereocenters. The summed E-state index contributed by atoms with van der Waals surface area (Å²) in [5.41, 5.74) is 9.18. The minimum atomic E-state index is -1.52. The summed E-state index contributed by atoms with van der Waals surface area (Å²) in [7, 11) is -1.52. The highest BCUT2D eigenvalue weighted by atomic mass is 16.4. The first-order chi connectivity index (χ1) is 11.2. The summed E-state index contributed by atoms with van der Waals surface area (Å²) in [6.45, 7) is 0. The minimum absolute atomic E-state index is 0.397. The third-order valence-electron chi connectivity index (χ3n) is 4.04. The van der Waals surface area contributed by atoms with Crippen LogP contribution in [-0.4, -0.2) is 26.7 Å². The van der Waals surface area contributed by atoms with Crippen LogP contribution in [0.25, 0.3) is 27.5 Å². The van der Waals surface area contributed by atoms with E-state index in [2.05, 4.69) is 4.98 Å². The molecule has 0 aliphatic heterocycles. The van der Waals surface area contributed by atoms with Gasteiger partial charge in [-0.2, -0.15) is 0 Å². The van der Waals surface area contributed by atoms with Crippen LogP contribution in [0.2, 0.25) is 0 Å². The molecule has 6 heteroatoms. The lowest BCUT2D eigenvalue weighted by Gasteiger charge is -2.13. The number of hydrogen-bond acceptors (Lipinski definition) is 4. The number of para-hydroxylation sites is 2. The smallest absolute Gasteiger partial charge is 0.423 e. The minimum Gasteiger partial charge on any atom is -0.423 e.